The number of esters is 1. The maximum atomic E-state index is 12.8. The molecular weight excluding hydrogens is 480 g/mol. The Bertz CT molecular complexity index is 1190. The number of carbonyl (C=O) groups excluding carboxylic acids is 2. The van der Waals surface area contributed by atoms with Crippen molar-refractivity contribution in [3.05, 3.63) is 74.6 Å². The van der Waals surface area contributed by atoms with Gasteiger partial charge in [0.05, 0.1) is 7.11 Å². The van der Waals surface area contributed by atoms with Crippen molar-refractivity contribution in [3.63, 3.8) is 0 Å². The van der Waals surface area contributed by atoms with E-state index in [2.05, 4.69) is 26.8 Å². The molecule has 1 heterocycles. The largest absolute Gasteiger partial charge is 0.488 e. The minimum atomic E-state index is -0.756. The van der Waals surface area contributed by atoms with Gasteiger partial charge in [-0.15, -0.1) is 0 Å². The Labute approximate surface area is 193 Å². The number of hydrogen-bond donors (Lipinski definition) is 2. The number of amides is 1. The minimum absolute atomic E-state index is 0.143. The first-order chi connectivity index (χ1) is 15.3. The van der Waals surface area contributed by atoms with Crippen molar-refractivity contribution in [2.45, 2.75) is 26.5 Å². The maximum absolute atomic E-state index is 12.8. The van der Waals surface area contributed by atoms with Crippen LogP contribution in [-0.4, -0.2) is 25.0 Å². The highest BCUT2D eigenvalue weighted by molar-refractivity contribution is 9.10. The molecule has 0 radical (unpaired) electrons. The van der Waals surface area contributed by atoms with E-state index in [1.807, 2.05) is 24.3 Å². The van der Waals surface area contributed by atoms with E-state index >= 15 is 0 Å². The third-order valence-corrected chi connectivity index (χ3v) is 5.52. The Morgan fingerprint density at radius 1 is 1.12 bits per heavy atom. The van der Waals surface area contributed by atoms with Gasteiger partial charge in [-0.3, -0.25) is 19.8 Å². The molecule has 32 heavy (non-hydrogen) atoms. The molecule has 168 valence electrons. The Kier molecular flexibility index (Phi) is 7.66. The van der Waals surface area contributed by atoms with Crippen LogP contribution in [0, 0.1) is 5.92 Å². The molecular formula is C23H23BrN2O6. The van der Waals surface area contributed by atoms with Gasteiger partial charge in [0.1, 0.15) is 29.4 Å². The third kappa shape index (κ3) is 5.35. The second kappa shape index (κ2) is 10.4. The van der Waals surface area contributed by atoms with Crippen LogP contribution in [0.4, 0.5) is 0 Å². The lowest BCUT2D eigenvalue weighted by Gasteiger charge is -2.20. The predicted octanol–water partition coefficient (Wildman–Crippen LogP) is 3.57. The van der Waals surface area contributed by atoms with Crippen LogP contribution < -0.4 is 21.0 Å². The summed E-state index contributed by atoms with van der Waals surface area (Å²) in [5.74, 6) is -1.21. The Morgan fingerprint density at radius 2 is 1.88 bits per heavy atom. The average molecular weight is 503 g/mol. The van der Waals surface area contributed by atoms with Crippen LogP contribution in [0.15, 0.2) is 62.2 Å². The van der Waals surface area contributed by atoms with Gasteiger partial charge in [-0.1, -0.05) is 54.0 Å². The normalized spacial score (nSPS) is 11.9. The molecule has 0 aliphatic rings. The van der Waals surface area contributed by atoms with Gasteiger partial charge < -0.3 is 13.9 Å². The van der Waals surface area contributed by atoms with Gasteiger partial charge in [0.2, 0.25) is 0 Å². The molecule has 0 saturated heterocycles. The number of halogens is 1. The fourth-order valence-electron chi connectivity index (χ4n) is 3.01. The van der Waals surface area contributed by atoms with Crippen LogP contribution in [0.2, 0.25) is 0 Å². The van der Waals surface area contributed by atoms with Crippen molar-refractivity contribution in [3.8, 4) is 5.75 Å². The summed E-state index contributed by atoms with van der Waals surface area (Å²) in [6, 6.07) is 12.9. The van der Waals surface area contributed by atoms with Crippen molar-refractivity contribution >= 4 is 38.8 Å². The molecule has 3 aromatic rings. The summed E-state index contributed by atoms with van der Waals surface area (Å²) in [5, 5.41) is 0.235. The fourth-order valence-corrected chi connectivity index (χ4v) is 3.41. The number of ether oxygens (including phenoxy) is 2. The molecule has 1 aromatic heterocycles. The van der Waals surface area contributed by atoms with Crippen LogP contribution in [-0.2, 0) is 16.1 Å². The van der Waals surface area contributed by atoms with E-state index in [9.17, 15) is 14.4 Å². The van der Waals surface area contributed by atoms with Crippen molar-refractivity contribution in [1.82, 2.24) is 10.9 Å². The van der Waals surface area contributed by atoms with Crippen molar-refractivity contribution in [2.75, 3.05) is 7.11 Å². The van der Waals surface area contributed by atoms with Crippen molar-refractivity contribution < 1.29 is 23.5 Å². The number of fused-ring (bicyclic) bond motifs is 1. The molecule has 3 rings (SSSR count). The number of carbonyl (C=O) groups is 2. The van der Waals surface area contributed by atoms with Gasteiger partial charge in [-0.2, -0.15) is 0 Å². The van der Waals surface area contributed by atoms with E-state index in [0.29, 0.717) is 5.75 Å². The molecule has 2 N–H and O–H groups in total. The molecule has 0 aliphatic carbocycles. The van der Waals surface area contributed by atoms with E-state index < -0.39 is 23.3 Å². The molecule has 1 amide bonds. The van der Waals surface area contributed by atoms with E-state index in [1.54, 1.807) is 32.0 Å². The summed E-state index contributed by atoms with van der Waals surface area (Å²) in [4.78, 5) is 37.1. The van der Waals surface area contributed by atoms with Gasteiger partial charge in [0, 0.05) is 16.1 Å². The monoisotopic (exact) mass is 502 g/mol. The second-order valence-corrected chi connectivity index (χ2v) is 8.18. The van der Waals surface area contributed by atoms with Gasteiger partial charge in [0.15, 0.2) is 11.2 Å². The first kappa shape index (κ1) is 23.5. The van der Waals surface area contributed by atoms with Crippen molar-refractivity contribution in [2.24, 2.45) is 5.92 Å². The molecule has 2 aromatic carbocycles. The molecule has 0 bridgehead atoms. The molecule has 9 heteroatoms. The summed E-state index contributed by atoms with van der Waals surface area (Å²) < 4.78 is 17.1. The van der Waals surface area contributed by atoms with E-state index in [4.69, 9.17) is 13.9 Å². The lowest BCUT2D eigenvalue weighted by atomic mass is 10.1. The van der Waals surface area contributed by atoms with Gasteiger partial charge in [0.25, 0.3) is 0 Å². The van der Waals surface area contributed by atoms with Crippen LogP contribution in [0.25, 0.3) is 11.0 Å². The molecule has 8 nitrogen and oxygen atoms in total. The predicted molar refractivity (Wildman–Crippen MR) is 122 cm³/mol. The second-order valence-electron chi connectivity index (χ2n) is 7.33. The topological polar surface area (TPSA) is 107 Å². The maximum Gasteiger partial charge on any atom is 0.324 e. The van der Waals surface area contributed by atoms with Crippen LogP contribution >= 0.6 is 15.9 Å². The molecule has 0 spiro atoms. The standard InChI is InChI=1S/C23H23BrN2O6/c1-13(2)21(23(29)30-3)25-26-22(28)19-11-16(27)20-17(9-6-10-18(20)32-19)31-12-14-7-4-5-8-15(14)24/h4-11,13,21,25H,12H2,1-3H3,(H,26,28)/t21-/m0/s1. The summed E-state index contributed by atoms with van der Waals surface area (Å²) in [5.41, 5.74) is 5.72. The highest BCUT2D eigenvalue weighted by Gasteiger charge is 2.24. The summed E-state index contributed by atoms with van der Waals surface area (Å²) in [7, 11) is 1.26. The van der Waals surface area contributed by atoms with Gasteiger partial charge in [-0.25, -0.2) is 5.43 Å². The van der Waals surface area contributed by atoms with Crippen LogP contribution in [0.1, 0.15) is 30.0 Å². The zero-order chi connectivity index (χ0) is 23.3. The summed E-state index contributed by atoms with van der Waals surface area (Å²) in [6.45, 7) is 3.84. The van der Waals surface area contributed by atoms with Crippen molar-refractivity contribution in [1.29, 1.82) is 0 Å². The highest BCUT2D eigenvalue weighted by atomic mass is 79.9. The number of hydrazine groups is 1. The van der Waals surface area contributed by atoms with Crippen LogP contribution in [0.5, 0.6) is 5.75 Å². The van der Waals surface area contributed by atoms with E-state index in [0.717, 1.165) is 16.1 Å². The van der Waals surface area contributed by atoms with E-state index in [-0.39, 0.29) is 29.3 Å². The molecule has 0 unspecified atom stereocenters. The summed E-state index contributed by atoms with van der Waals surface area (Å²) >= 11 is 3.47. The molecule has 0 fully saturated rings. The molecule has 1 atom stereocenters. The minimum Gasteiger partial charge on any atom is -0.488 e. The number of nitrogens with one attached hydrogen (secondary N) is 2. The smallest absolute Gasteiger partial charge is 0.324 e. The molecule has 0 aliphatic heterocycles. The van der Waals surface area contributed by atoms with E-state index in [1.165, 1.54) is 7.11 Å². The third-order valence-electron chi connectivity index (χ3n) is 4.74. The lowest BCUT2D eigenvalue weighted by molar-refractivity contribution is -0.144. The lowest BCUT2D eigenvalue weighted by Crippen LogP contribution is -2.51. The quantitative estimate of drug-likeness (QED) is 0.358. The zero-order valence-corrected chi connectivity index (χ0v) is 19.4. The Morgan fingerprint density at radius 3 is 2.56 bits per heavy atom. The van der Waals surface area contributed by atoms with Gasteiger partial charge >= 0.3 is 11.9 Å². The van der Waals surface area contributed by atoms with Crippen LogP contribution in [0.3, 0.4) is 0 Å². The first-order valence-electron chi connectivity index (χ1n) is 9.88. The Balaban J connectivity index is 1.81. The first-order valence-corrected chi connectivity index (χ1v) is 10.7. The number of rotatable bonds is 8. The number of benzene rings is 2. The number of hydrogen-bond acceptors (Lipinski definition) is 7. The fraction of sp³-hybridized carbons (Fsp3) is 0.261. The average Bonchev–Trinajstić information content (AvgIpc) is 2.77. The molecule has 0 saturated carbocycles. The summed E-state index contributed by atoms with van der Waals surface area (Å²) in [6.07, 6.45) is 0. The number of methoxy groups -OCH3 is 1. The Hall–Kier alpha value is -3.17. The zero-order valence-electron chi connectivity index (χ0n) is 17.8. The van der Waals surface area contributed by atoms with Gasteiger partial charge in [-0.05, 0) is 24.1 Å². The SMILES string of the molecule is COC(=O)[C@@H](NNC(=O)c1cc(=O)c2c(OCc3ccccc3Br)cccc2o1)C(C)C. The highest BCUT2D eigenvalue weighted by Crippen LogP contribution is 2.25.